The molecule has 0 N–H and O–H groups in total. The molecule has 2 amide bonds. The van der Waals surface area contributed by atoms with Crippen LogP contribution >= 0.6 is 0 Å². The van der Waals surface area contributed by atoms with E-state index in [1.807, 2.05) is 46.2 Å². The quantitative estimate of drug-likeness (QED) is 0.838. The summed E-state index contributed by atoms with van der Waals surface area (Å²) in [7, 11) is 0. The number of amides is 2. The molecule has 2 fully saturated rings. The summed E-state index contributed by atoms with van der Waals surface area (Å²) >= 11 is 0. The van der Waals surface area contributed by atoms with Gasteiger partial charge >= 0.3 is 0 Å². The van der Waals surface area contributed by atoms with Gasteiger partial charge in [0, 0.05) is 19.5 Å². The third kappa shape index (κ3) is 2.02. The Balaban J connectivity index is 1.72. The van der Waals surface area contributed by atoms with Gasteiger partial charge in [0.2, 0.25) is 5.91 Å². The van der Waals surface area contributed by atoms with E-state index in [-0.39, 0.29) is 17.9 Å². The topological polar surface area (TPSA) is 40.6 Å². The number of fused-ring (bicyclic) bond motifs is 4. The second kappa shape index (κ2) is 5.70. The Morgan fingerprint density at radius 1 is 0.962 bits per heavy atom. The van der Waals surface area contributed by atoms with Gasteiger partial charge < -0.3 is 9.80 Å². The molecular weight excluding hydrogens is 324 g/mol. The molecule has 3 aliphatic heterocycles. The van der Waals surface area contributed by atoms with Gasteiger partial charge in [0.15, 0.2) is 5.54 Å². The molecule has 0 saturated carbocycles. The minimum atomic E-state index is -0.895. The van der Waals surface area contributed by atoms with E-state index in [0.29, 0.717) is 19.5 Å². The summed E-state index contributed by atoms with van der Waals surface area (Å²) in [6.45, 7) is 1.32. The van der Waals surface area contributed by atoms with E-state index < -0.39 is 5.54 Å². The van der Waals surface area contributed by atoms with Crippen molar-refractivity contribution in [1.29, 1.82) is 0 Å². The first-order valence-electron chi connectivity index (χ1n) is 9.47. The predicted octanol–water partition coefficient (Wildman–Crippen LogP) is 2.51. The lowest BCUT2D eigenvalue weighted by Crippen LogP contribution is -2.70. The van der Waals surface area contributed by atoms with E-state index in [4.69, 9.17) is 0 Å². The van der Waals surface area contributed by atoms with Gasteiger partial charge in [0.05, 0.1) is 0 Å². The van der Waals surface area contributed by atoms with Crippen LogP contribution in [0, 0.1) is 0 Å². The third-order valence-corrected chi connectivity index (χ3v) is 6.25. The molecule has 3 heterocycles. The van der Waals surface area contributed by atoms with Crippen molar-refractivity contribution in [1.82, 2.24) is 9.80 Å². The lowest BCUT2D eigenvalue weighted by atomic mass is 9.73. The van der Waals surface area contributed by atoms with E-state index >= 15 is 0 Å². The van der Waals surface area contributed by atoms with Crippen LogP contribution in [-0.4, -0.2) is 40.7 Å². The zero-order valence-electron chi connectivity index (χ0n) is 14.7. The standard InChI is InChI=1S/C22H22N2O2/c25-20-19-11-6-13-23(19)21(26)22(15-16-7-2-1-3-8-16)18-10-5-4-9-17(18)12-14-24(20)22/h1-5,7-10,19H,6,11-15H2/t19-,22-/m0/s1. The Kier molecular flexibility index (Phi) is 3.42. The largest absolute Gasteiger partial charge is 0.328 e. The first-order valence-corrected chi connectivity index (χ1v) is 9.47. The van der Waals surface area contributed by atoms with Crippen molar-refractivity contribution in [3.05, 3.63) is 71.3 Å². The molecule has 0 unspecified atom stereocenters. The smallest absolute Gasteiger partial charge is 0.254 e. The normalized spacial score (nSPS) is 27.2. The molecule has 0 aromatic heterocycles. The molecule has 26 heavy (non-hydrogen) atoms. The van der Waals surface area contributed by atoms with Crippen molar-refractivity contribution in [3.8, 4) is 0 Å². The number of rotatable bonds is 2. The fourth-order valence-electron chi connectivity index (χ4n) is 5.08. The van der Waals surface area contributed by atoms with Crippen molar-refractivity contribution in [2.75, 3.05) is 13.1 Å². The van der Waals surface area contributed by atoms with Gasteiger partial charge in [0.1, 0.15) is 6.04 Å². The van der Waals surface area contributed by atoms with Gasteiger partial charge in [-0.05, 0) is 36.0 Å². The van der Waals surface area contributed by atoms with Gasteiger partial charge in [-0.3, -0.25) is 9.59 Å². The van der Waals surface area contributed by atoms with Crippen LogP contribution in [0.3, 0.4) is 0 Å². The second-order valence-corrected chi connectivity index (χ2v) is 7.58. The van der Waals surface area contributed by atoms with Crippen LogP contribution in [-0.2, 0) is 28.0 Å². The lowest BCUT2D eigenvalue weighted by molar-refractivity contribution is -0.170. The van der Waals surface area contributed by atoms with Crippen molar-refractivity contribution in [3.63, 3.8) is 0 Å². The first kappa shape index (κ1) is 15.6. The van der Waals surface area contributed by atoms with Crippen molar-refractivity contribution in [2.24, 2.45) is 0 Å². The molecule has 2 aromatic carbocycles. The van der Waals surface area contributed by atoms with Gasteiger partial charge in [-0.25, -0.2) is 0 Å². The van der Waals surface area contributed by atoms with E-state index in [2.05, 4.69) is 18.2 Å². The van der Waals surface area contributed by atoms with Crippen LogP contribution in [0.25, 0.3) is 0 Å². The Morgan fingerprint density at radius 2 is 1.73 bits per heavy atom. The van der Waals surface area contributed by atoms with Gasteiger partial charge in [0.25, 0.3) is 5.91 Å². The first-order chi connectivity index (χ1) is 12.7. The highest BCUT2D eigenvalue weighted by Gasteiger charge is 2.59. The minimum absolute atomic E-state index is 0.107. The van der Waals surface area contributed by atoms with Crippen LogP contribution in [0.2, 0.25) is 0 Å². The average molecular weight is 346 g/mol. The highest BCUT2D eigenvalue weighted by molar-refractivity contribution is 6.01. The molecule has 0 bridgehead atoms. The number of carbonyl (C=O) groups is 2. The predicted molar refractivity (Wildman–Crippen MR) is 98.4 cm³/mol. The third-order valence-electron chi connectivity index (χ3n) is 6.25. The Labute approximate surface area is 153 Å². The van der Waals surface area contributed by atoms with Crippen molar-refractivity contribution in [2.45, 2.75) is 37.3 Å². The lowest BCUT2D eigenvalue weighted by Gasteiger charge is -2.53. The van der Waals surface area contributed by atoms with Crippen LogP contribution in [0.15, 0.2) is 54.6 Å². The summed E-state index contributed by atoms with van der Waals surface area (Å²) in [4.78, 5) is 30.9. The van der Waals surface area contributed by atoms with E-state index in [0.717, 1.165) is 30.4 Å². The fraction of sp³-hybridized carbons (Fsp3) is 0.364. The number of nitrogens with zero attached hydrogens (tertiary/aromatic N) is 2. The molecule has 0 spiro atoms. The van der Waals surface area contributed by atoms with Crippen LogP contribution < -0.4 is 0 Å². The highest BCUT2D eigenvalue weighted by Crippen LogP contribution is 2.45. The fourth-order valence-corrected chi connectivity index (χ4v) is 5.08. The summed E-state index contributed by atoms with van der Waals surface area (Å²) in [6, 6.07) is 18.0. The Bertz CT molecular complexity index is 879. The number of carbonyl (C=O) groups excluding carboxylic acids is 2. The van der Waals surface area contributed by atoms with Crippen molar-refractivity contribution < 1.29 is 9.59 Å². The maximum atomic E-state index is 13.8. The van der Waals surface area contributed by atoms with E-state index in [1.54, 1.807) is 0 Å². The summed E-state index contributed by atoms with van der Waals surface area (Å²) < 4.78 is 0. The molecule has 5 rings (SSSR count). The summed E-state index contributed by atoms with van der Waals surface area (Å²) in [5.74, 6) is 0.239. The van der Waals surface area contributed by atoms with E-state index in [1.165, 1.54) is 5.56 Å². The number of piperazine rings is 1. The highest BCUT2D eigenvalue weighted by atomic mass is 16.2. The molecule has 132 valence electrons. The maximum absolute atomic E-state index is 13.8. The molecular formula is C22H22N2O2. The van der Waals surface area contributed by atoms with Gasteiger partial charge in [-0.15, -0.1) is 0 Å². The molecule has 0 radical (unpaired) electrons. The molecule has 2 saturated heterocycles. The number of benzene rings is 2. The molecule has 2 atom stereocenters. The monoisotopic (exact) mass is 346 g/mol. The average Bonchev–Trinajstić information content (AvgIpc) is 3.17. The van der Waals surface area contributed by atoms with Crippen LogP contribution in [0.4, 0.5) is 0 Å². The van der Waals surface area contributed by atoms with Crippen LogP contribution in [0.1, 0.15) is 29.5 Å². The maximum Gasteiger partial charge on any atom is 0.254 e. The summed E-state index contributed by atoms with van der Waals surface area (Å²) in [5, 5.41) is 0. The molecule has 0 aliphatic carbocycles. The molecule has 4 heteroatoms. The molecule has 2 aromatic rings. The van der Waals surface area contributed by atoms with E-state index in [9.17, 15) is 9.59 Å². The summed E-state index contributed by atoms with van der Waals surface area (Å²) in [5.41, 5.74) is 2.40. The minimum Gasteiger partial charge on any atom is -0.328 e. The van der Waals surface area contributed by atoms with Gasteiger partial charge in [-0.2, -0.15) is 0 Å². The molecule has 3 aliphatic rings. The Morgan fingerprint density at radius 3 is 2.58 bits per heavy atom. The Hall–Kier alpha value is -2.62. The molecule has 4 nitrogen and oxygen atoms in total. The zero-order chi connectivity index (χ0) is 17.7. The number of hydrogen-bond donors (Lipinski definition) is 0. The van der Waals surface area contributed by atoms with Gasteiger partial charge in [-0.1, -0.05) is 54.6 Å². The SMILES string of the molecule is O=C1[C@@H]2CCCN2C(=O)[C@]2(Cc3ccccc3)c3ccccc3CCN12. The van der Waals surface area contributed by atoms with Crippen LogP contribution in [0.5, 0.6) is 0 Å². The van der Waals surface area contributed by atoms with Crippen molar-refractivity contribution >= 4 is 11.8 Å². The second-order valence-electron chi connectivity index (χ2n) is 7.58. The zero-order valence-corrected chi connectivity index (χ0v) is 14.7. The summed E-state index contributed by atoms with van der Waals surface area (Å²) in [6.07, 6.45) is 3.07. The number of hydrogen-bond acceptors (Lipinski definition) is 2.